The van der Waals surface area contributed by atoms with Gasteiger partial charge in [-0.05, 0) is 0 Å². The molecule has 0 unspecified atom stereocenters. The van der Waals surface area contributed by atoms with E-state index in [-0.39, 0.29) is 35.7 Å². The molecule has 0 atom stereocenters. The Bertz CT molecular complexity index is 289. The van der Waals surface area contributed by atoms with Crippen LogP contribution in [-0.4, -0.2) is 41.8 Å². The molecule has 17 heavy (non-hydrogen) atoms. The van der Waals surface area contributed by atoms with Gasteiger partial charge in [-0.1, -0.05) is 8.67 Å². The molecule has 0 radical (unpaired) electrons. The molecule has 0 saturated carbocycles. The maximum Gasteiger partial charge on any atom is 1.00 e. The third-order valence-electron chi connectivity index (χ3n) is 0.200. The molecule has 0 aromatic heterocycles. The molecule has 6 N–H and O–H groups in total. The number of carbonyl (C=O) groups is 1. The largest absolute Gasteiger partial charge is 1.00 e. The van der Waals surface area contributed by atoms with Gasteiger partial charge in [0.05, 0.1) is 0 Å². The minimum absolute atomic E-state index is 0. The fourth-order valence-electron chi connectivity index (χ4n) is 0.0702. The van der Waals surface area contributed by atoms with E-state index >= 15 is 0 Å². The first-order valence-electron chi connectivity index (χ1n) is 2.17. The monoisotopic (exact) mass is 329 g/mol. The molecule has 0 aliphatic heterocycles. The standard InChI is InChI=1S/CH2O.H3N.Na.H2O8S2.H2O2S/c1-2;;;1-9(2,3)7-8-10(4,5)6;1-3-2/h1H2;1H3;;(H,1,2,3)(H,4,5,6);1-2H/q;;+1;;/p-1. The van der Waals surface area contributed by atoms with Gasteiger partial charge >= 0.3 is 50.4 Å². The third-order valence-corrected chi connectivity index (χ3v) is 0.766. The van der Waals surface area contributed by atoms with Crippen LogP contribution in [0.5, 0.6) is 0 Å². The van der Waals surface area contributed by atoms with Crippen molar-refractivity contribution in [2.75, 3.05) is 0 Å². The van der Waals surface area contributed by atoms with Crippen molar-refractivity contribution >= 4 is 39.9 Å². The second-order valence-electron chi connectivity index (χ2n) is 1.07. The zero-order chi connectivity index (χ0) is 13.1. The van der Waals surface area contributed by atoms with Gasteiger partial charge in [-0.3, -0.25) is 9.11 Å². The molecule has 0 aliphatic rings. The molecule has 0 aromatic carbocycles. The van der Waals surface area contributed by atoms with Crippen LogP contribution in [0, 0.1) is 0 Å². The van der Waals surface area contributed by atoms with E-state index in [1.54, 1.807) is 0 Å². The van der Waals surface area contributed by atoms with Crippen LogP contribution in [0.25, 0.3) is 0 Å². The summed E-state index contributed by atoms with van der Waals surface area (Å²) in [6.07, 6.45) is 0. The third kappa shape index (κ3) is 61.1. The molecule has 102 valence electrons. The topological polar surface area (TPSA) is 223 Å². The Hall–Kier alpha value is 0.640. The van der Waals surface area contributed by atoms with E-state index in [0.717, 1.165) is 0 Å². The van der Waals surface area contributed by atoms with Crippen LogP contribution in [0.1, 0.15) is 0 Å². The predicted molar refractivity (Wildman–Crippen MR) is 48.4 cm³/mol. The molecule has 0 saturated heterocycles. The molecule has 0 amide bonds. The van der Waals surface area contributed by atoms with Gasteiger partial charge in [-0.2, -0.15) is 16.8 Å². The SMILES string of the molecule is C=O.N.O=S(=O)(O)OOS(=O)(=O)O.[Na+].[O-]SO. The van der Waals surface area contributed by atoms with Crippen molar-refractivity contribution in [1.29, 1.82) is 0 Å². The van der Waals surface area contributed by atoms with Crippen LogP contribution in [0.2, 0.25) is 0 Å². The van der Waals surface area contributed by atoms with Gasteiger partial charge in [0.1, 0.15) is 6.79 Å². The van der Waals surface area contributed by atoms with Gasteiger partial charge in [0.2, 0.25) is 0 Å². The van der Waals surface area contributed by atoms with Crippen LogP contribution < -0.4 is 35.7 Å². The van der Waals surface area contributed by atoms with Crippen molar-refractivity contribution in [2.45, 2.75) is 0 Å². The quantitative estimate of drug-likeness (QED) is 0.127. The number of hydrogen-bond donors (Lipinski definition) is 4. The summed E-state index contributed by atoms with van der Waals surface area (Å²) in [5.74, 6) is 0. The number of rotatable bonds is 3. The zero-order valence-corrected chi connectivity index (χ0v) is 12.7. The van der Waals surface area contributed by atoms with Crippen LogP contribution in [0.15, 0.2) is 0 Å². The molecule has 12 nitrogen and oxygen atoms in total. The molecule has 0 bridgehead atoms. The van der Waals surface area contributed by atoms with Crippen molar-refractivity contribution in [1.82, 2.24) is 6.15 Å². The number of carbonyl (C=O) groups excluding carboxylic acids is 1. The van der Waals surface area contributed by atoms with E-state index in [4.69, 9.17) is 23.0 Å². The summed E-state index contributed by atoms with van der Waals surface area (Å²) in [7, 11) is -10.0. The summed E-state index contributed by atoms with van der Waals surface area (Å²) in [4.78, 5) is 8.00. The summed E-state index contributed by atoms with van der Waals surface area (Å²) < 4.78 is 74.2. The van der Waals surface area contributed by atoms with Gasteiger partial charge in [-0.25, -0.2) is 0 Å². The van der Waals surface area contributed by atoms with Crippen molar-refractivity contribution in [2.24, 2.45) is 0 Å². The smallest absolute Gasteiger partial charge is 0.776 e. The van der Waals surface area contributed by atoms with Crippen molar-refractivity contribution in [3.63, 3.8) is 0 Å². The predicted octanol–water partition coefficient (Wildman–Crippen LogP) is -4.16. The van der Waals surface area contributed by atoms with Crippen LogP contribution in [-0.2, 0) is 34.3 Å². The Morgan fingerprint density at radius 1 is 1.00 bits per heavy atom. The first kappa shape index (κ1) is 30.6. The van der Waals surface area contributed by atoms with E-state index in [2.05, 4.69) is 8.67 Å². The van der Waals surface area contributed by atoms with Gasteiger partial charge < -0.3 is 20.1 Å². The van der Waals surface area contributed by atoms with Crippen molar-refractivity contribution < 1.29 is 78.1 Å². The van der Waals surface area contributed by atoms with Crippen LogP contribution >= 0.6 is 12.3 Å². The Morgan fingerprint density at radius 2 is 1.12 bits per heavy atom. The normalized spacial score (nSPS) is 9.18. The Labute approximate surface area is 123 Å². The minimum Gasteiger partial charge on any atom is -0.776 e. The van der Waals surface area contributed by atoms with Gasteiger partial charge in [0.15, 0.2) is 0 Å². The van der Waals surface area contributed by atoms with Crippen LogP contribution in [0.3, 0.4) is 0 Å². The van der Waals surface area contributed by atoms with Gasteiger partial charge in [0.25, 0.3) is 0 Å². The molecule has 0 spiro atoms. The van der Waals surface area contributed by atoms with Crippen molar-refractivity contribution in [3.8, 4) is 0 Å². The van der Waals surface area contributed by atoms with Gasteiger partial charge in [0, 0.05) is 0 Å². The Balaban J connectivity index is -0.0000000598. The van der Waals surface area contributed by atoms with E-state index in [1.165, 1.54) is 0 Å². The summed E-state index contributed by atoms with van der Waals surface area (Å²) in [6, 6.07) is 0. The average molecular weight is 329 g/mol. The molecule has 0 heterocycles. The van der Waals surface area contributed by atoms with E-state index < -0.39 is 33.1 Å². The minimum atomic E-state index is -5.02. The Morgan fingerprint density at radius 3 is 1.18 bits per heavy atom. The van der Waals surface area contributed by atoms with Crippen molar-refractivity contribution in [3.05, 3.63) is 0 Å². The maximum absolute atomic E-state index is 9.51. The van der Waals surface area contributed by atoms with E-state index in [0.29, 0.717) is 0 Å². The molecule has 0 aliphatic carbocycles. The van der Waals surface area contributed by atoms with E-state index in [9.17, 15) is 16.8 Å². The fraction of sp³-hybridized carbons (Fsp3) is 0. The molecular weight excluding hydrogens is 321 g/mol. The first-order chi connectivity index (χ1) is 6.62. The summed E-state index contributed by atoms with van der Waals surface area (Å²) in [5.41, 5.74) is 0. The molecule has 0 rings (SSSR count). The molecule has 0 aromatic rings. The first-order valence-corrected chi connectivity index (χ1v) is 5.60. The summed E-state index contributed by atoms with van der Waals surface area (Å²) in [5, 5.41) is 0. The van der Waals surface area contributed by atoms with Crippen LogP contribution in [0.4, 0.5) is 0 Å². The molecular formula is CH8NNaO11S3. The Kier molecular flexibility index (Phi) is 29.9. The summed E-state index contributed by atoms with van der Waals surface area (Å²) >= 11 is -0.500. The second-order valence-corrected chi connectivity index (χ2v) is 3.20. The number of hydrogen-bond acceptors (Lipinski definition) is 11. The molecule has 16 heteroatoms. The second kappa shape index (κ2) is 16.6. The van der Waals surface area contributed by atoms with Gasteiger partial charge in [-0.15, -0.1) is 12.3 Å². The maximum atomic E-state index is 9.51. The summed E-state index contributed by atoms with van der Waals surface area (Å²) in [6.45, 7) is 2.00. The molecule has 0 fully saturated rings. The fourth-order valence-corrected chi connectivity index (χ4v) is 0.632. The average Bonchev–Trinajstić information content (AvgIpc) is 2.04. The zero-order valence-electron chi connectivity index (χ0n) is 8.25. The van der Waals surface area contributed by atoms with E-state index in [1.807, 2.05) is 6.79 Å².